The number of carbonyl (C=O) groups is 1. The van der Waals surface area contributed by atoms with E-state index in [0.29, 0.717) is 23.5 Å². The van der Waals surface area contributed by atoms with E-state index in [-0.39, 0.29) is 5.41 Å². The van der Waals surface area contributed by atoms with Crippen LogP contribution in [-0.2, 0) is 10.2 Å². The van der Waals surface area contributed by atoms with Gasteiger partial charge in [-0.2, -0.15) is 0 Å². The van der Waals surface area contributed by atoms with Crippen LogP contribution in [0.1, 0.15) is 44.3 Å². The summed E-state index contributed by atoms with van der Waals surface area (Å²) in [6, 6.07) is 3.96. The Labute approximate surface area is 101 Å². The largest absolute Gasteiger partial charge is 0.468 e. The first-order valence-electron chi connectivity index (χ1n) is 6.92. The van der Waals surface area contributed by atoms with Crippen molar-refractivity contribution in [3.63, 3.8) is 0 Å². The maximum atomic E-state index is 12.8. The van der Waals surface area contributed by atoms with Crippen LogP contribution in [0.25, 0.3) is 0 Å². The molecule has 1 heterocycles. The summed E-state index contributed by atoms with van der Waals surface area (Å²) < 4.78 is 5.64. The highest BCUT2D eigenvalue weighted by Crippen LogP contribution is 2.62. The fourth-order valence-electron chi connectivity index (χ4n) is 5.00. The number of hydrogen-bond donors (Lipinski definition) is 0. The Kier molecular flexibility index (Phi) is 1.89. The van der Waals surface area contributed by atoms with E-state index < -0.39 is 0 Å². The van der Waals surface area contributed by atoms with Gasteiger partial charge in [-0.3, -0.25) is 4.79 Å². The molecule has 0 amide bonds. The quantitative estimate of drug-likeness (QED) is 0.741. The van der Waals surface area contributed by atoms with Gasteiger partial charge >= 0.3 is 0 Å². The maximum Gasteiger partial charge on any atom is 0.150 e. The number of Topliss-reactive ketones (excluding diaryl/α,β-unsaturated/α-hetero) is 1. The van der Waals surface area contributed by atoms with Crippen molar-refractivity contribution in [3.05, 3.63) is 24.2 Å². The van der Waals surface area contributed by atoms with E-state index in [4.69, 9.17) is 4.42 Å². The first-order valence-corrected chi connectivity index (χ1v) is 6.92. The summed E-state index contributed by atoms with van der Waals surface area (Å²) in [5.41, 5.74) is -0.223. The predicted molar refractivity (Wildman–Crippen MR) is 63.6 cm³/mol. The summed E-state index contributed by atoms with van der Waals surface area (Å²) >= 11 is 0. The van der Waals surface area contributed by atoms with Crippen LogP contribution in [0.15, 0.2) is 22.8 Å². The monoisotopic (exact) mass is 230 g/mol. The molecule has 4 rings (SSSR count). The lowest BCUT2D eigenvalue weighted by Gasteiger charge is -2.27. The Hall–Kier alpha value is -1.05. The zero-order chi connectivity index (χ0) is 11.5. The molecule has 1 aromatic rings. The molecule has 0 bridgehead atoms. The first kappa shape index (κ1) is 9.93. The van der Waals surface area contributed by atoms with Crippen LogP contribution in [-0.4, -0.2) is 5.78 Å². The van der Waals surface area contributed by atoms with Gasteiger partial charge in [0.2, 0.25) is 0 Å². The van der Waals surface area contributed by atoms with Crippen LogP contribution in [0.2, 0.25) is 0 Å². The van der Waals surface area contributed by atoms with Gasteiger partial charge in [0.25, 0.3) is 0 Å². The molecule has 0 unspecified atom stereocenters. The SMILES string of the molecule is O=C1[C@H]2CCC[C@H]2[C@@H]2CCC[C@]12c1ccco1. The maximum absolute atomic E-state index is 12.8. The highest BCUT2D eigenvalue weighted by atomic mass is 16.3. The van der Waals surface area contributed by atoms with Crippen molar-refractivity contribution in [3.8, 4) is 0 Å². The number of furan rings is 1. The van der Waals surface area contributed by atoms with Crippen molar-refractivity contribution in [1.82, 2.24) is 0 Å². The summed E-state index contributed by atoms with van der Waals surface area (Å²) in [7, 11) is 0. The number of hydrogen-bond acceptors (Lipinski definition) is 2. The van der Waals surface area contributed by atoms with Gasteiger partial charge in [-0.15, -0.1) is 0 Å². The van der Waals surface area contributed by atoms with Gasteiger partial charge in [0.05, 0.1) is 11.7 Å². The van der Waals surface area contributed by atoms with Gasteiger partial charge in [-0.25, -0.2) is 0 Å². The molecule has 0 saturated heterocycles. The van der Waals surface area contributed by atoms with E-state index in [9.17, 15) is 4.79 Å². The third-order valence-electron chi connectivity index (χ3n) is 5.54. The fourth-order valence-corrected chi connectivity index (χ4v) is 5.00. The van der Waals surface area contributed by atoms with E-state index in [1.807, 2.05) is 12.1 Å². The van der Waals surface area contributed by atoms with Crippen LogP contribution in [0, 0.1) is 17.8 Å². The van der Waals surface area contributed by atoms with E-state index in [1.165, 1.54) is 25.7 Å². The molecule has 3 aliphatic carbocycles. The highest BCUT2D eigenvalue weighted by molar-refractivity contribution is 5.95. The first-order chi connectivity index (χ1) is 8.34. The summed E-state index contributed by atoms with van der Waals surface area (Å²) in [6.07, 6.45) is 8.82. The molecule has 90 valence electrons. The normalized spacial score (nSPS) is 44.0. The van der Waals surface area contributed by atoms with Crippen molar-refractivity contribution in [2.24, 2.45) is 17.8 Å². The lowest BCUT2D eigenvalue weighted by Crippen LogP contribution is -2.35. The third kappa shape index (κ3) is 1.05. The lowest BCUT2D eigenvalue weighted by atomic mass is 9.74. The van der Waals surface area contributed by atoms with Crippen LogP contribution >= 0.6 is 0 Å². The van der Waals surface area contributed by atoms with Gasteiger partial charge < -0.3 is 4.42 Å². The molecule has 0 aliphatic heterocycles. The average Bonchev–Trinajstić information content (AvgIpc) is 3.06. The zero-order valence-corrected chi connectivity index (χ0v) is 10.0. The number of rotatable bonds is 1. The second-order valence-electron chi connectivity index (χ2n) is 6.01. The van der Waals surface area contributed by atoms with Gasteiger partial charge in [0.15, 0.2) is 0 Å². The smallest absolute Gasteiger partial charge is 0.150 e. The minimum atomic E-state index is -0.223. The number of fused-ring (bicyclic) bond motifs is 3. The Morgan fingerprint density at radius 1 is 1.24 bits per heavy atom. The van der Waals surface area contributed by atoms with Gasteiger partial charge in [0.1, 0.15) is 11.5 Å². The molecular formula is C15H18O2. The molecular weight excluding hydrogens is 212 g/mol. The lowest BCUT2D eigenvalue weighted by molar-refractivity contribution is -0.126. The zero-order valence-electron chi connectivity index (χ0n) is 10.0. The summed E-state index contributed by atoms with van der Waals surface area (Å²) in [6.45, 7) is 0. The van der Waals surface area contributed by atoms with Crippen molar-refractivity contribution in [2.45, 2.75) is 43.9 Å². The minimum absolute atomic E-state index is 0.223. The predicted octanol–water partition coefficient (Wildman–Crippen LogP) is 3.32. The molecule has 0 N–H and O–H groups in total. The Morgan fingerprint density at radius 3 is 3.00 bits per heavy atom. The molecule has 0 radical (unpaired) electrons. The number of ketones is 1. The molecule has 3 fully saturated rings. The van der Waals surface area contributed by atoms with E-state index in [0.717, 1.165) is 18.6 Å². The highest BCUT2D eigenvalue weighted by Gasteiger charge is 2.64. The van der Waals surface area contributed by atoms with Crippen molar-refractivity contribution in [1.29, 1.82) is 0 Å². The second kappa shape index (κ2) is 3.24. The van der Waals surface area contributed by atoms with Crippen molar-refractivity contribution >= 4 is 5.78 Å². The van der Waals surface area contributed by atoms with E-state index >= 15 is 0 Å². The van der Waals surface area contributed by atoms with Gasteiger partial charge in [-0.1, -0.05) is 12.8 Å². The summed E-state index contributed by atoms with van der Waals surface area (Å²) in [5.74, 6) is 3.06. The molecule has 1 aromatic heterocycles. The van der Waals surface area contributed by atoms with E-state index in [2.05, 4.69) is 0 Å². The number of carbonyl (C=O) groups excluding carboxylic acids is 1. The Balaban J connectivity index is 1.86. The molecule has 17 heavy (non-hydrogen) atoms. The molecule has 0 aromatic carbocycles. The fraction of sp³-hybridized carbons (Fsp3) is 0.667. The van der Waals surface area contributed by atoms with Crippen LogP contribution < -0.4 is 0 Å². The minimum Gasteiger partial charge on any atom is -0.468 e. The van der Waals surface area contributed by atoms with Crippen LogP contribution in [0.5, 0.6) is 0 Å². The Morgan fingerprint density at radius 2 is 2.18 bits per heavy atom. The van der Waals surface area contributed by atoms with Crippen LogP contribution in [0.3, 0.4) is 0 Å². The molecule has 0 spiro atoms. The Bertz CT molecular complexity index is 447. The topological polar surface area (TPSA) is 30.2 Å². The van der Waals surface area contributed by atoms with Crippen molar-refractivity contribution in [2.75, 3.05) is 0 Å². The van der Waals surface area contributed by atoms with Gasteiger partial charge in [-0.05, 0) is 49.7 Å². The van der Waals surface area contributed by atoms with Crippen LogP contribution in [0.4, 0.5) is 0 Å². The molecule has 3 saturated carbocycles. The van der Waals surface area contributed by atoms with E-state index in [1.54, 1.807) is 6.26 Å². The standard InChI is InChI=1S/C15H18O2/c16-14-11-5-1-4-10(11)12-6-2-8-15(12,14)13-7-3-9-17-13/h3,7,9-12H,1-2,4-6,8H2/t10-,11+,12+,15+/m1/s1. The molecule has 4 atom stereocenters. The average molecular weight is 230 g/mol. The summed E-state index contributed by atoms with van der Waals surface area (Å²) in [4.78, 5) is 12.8. The van der Waals surface area contributed by atoms with Crippen molar-refractivity contribution < 1.29 is 9.21 Å². The summed E-state index contributed by atoms with van der Waals surface area (Å²) in [5, 5.41) is 0. The molecule has 3 aliphatic rings. The molecule has 2 nitrogen and oxygen atoms in total. The molecule has 2 heteroatoms. The second-order valence-corrected chi connectivity index (χ2v) is 6.01. The van der Waals surface area contributed by atoms with Gasteiger partial charge in [0, 0.05) is 5.92 Å². The third-order valence-corrected chi connectivity index (χ3v) is 5.54.